The maximum atomic E-state index is 8.88. The number of hydrogen-bond acceptors (Lipinski definition) is 1. The Labute approximate surface area is 99.6 Å². The average Bonchev–Trinajstić information content (AvgIpc) is 0.722. The van der Waals surface area contributed by atoms with E-state index in [1.165, 1.54) is 0 Å². The molecule has 0 rings (SSSR count). The molecular weight excluding hydrogens is 169 g/mol. The summed E-state index contributed by atoms with van der Waals surface area (Å²) >= 11 is 0. The van der Waals surface area contributed by atoms with Crippen molar-refractivity contribution in [2.24, 2.45) is 0 Å². The Morgan fingerprint density at radius 1 is 1.12 bits per heavy atom. The summed E-state index contributed by atoms with van der Waals surface area (Å²) in [6.07, 6.45) is 0. The summed E-state index contributed by atoms with van der Waals surface area (Å²) in [7, 11) is -4.64. The van der Waals surface area contributed by atoms with Gasteiger partial charge in [0.1, 0.15) is 0 Å². The van der Waals surface area contributed by atoms with Crippen LogP contribution in [0.4, 0.5) is 0 Å². The normalized spacial score (nSPS) is 7.38. The molecule has 0 unspecified atom stereocenters. The van der Waals surface area contributed by atoms with Crippen LogP contribution in [0.15, 0.2) is 0 Å². The van der Waals surface area contributed by atoms with E-state index in [2.05, 4.69) is 0 Å². The van der Waals surface area contributed by atoms with E-state index in [0.29, 0.717) is 0 Å². The molecule has 8 heavy (non-hydrogen) atoms. The first-order valence-electron chi connectivity index (χ1n) is 0.783. The van der Waals surface area contributed by atoms with Crippen LogP contribution in [0.5, 0.6) is 0 Å². The molecule has 0 saturated carbocycles. The molecule has 0 aromatic heterocycles. The molecule has 0 heterocycles. The van der Waals surface area contributed by atoms with Crippen molar-refractivity contribution in [2.45, 2.75) is 0 Å². The minimum absolute atomic E-state index is 0. The van der Waals surface area contributed by atoms with Crippen LogP contribution in [0, 0.1) is 0 Å². The monoisotopic (exact) mass is 178 g/mol. The van der Waals surface area contributed by atoms with Crippen molar-refractivity contribution >= 4 is 81.8 Å². The van der Waals surface area contributed by atoms with Crippen LogP contribution in [-0.4, -0.2) is 88.6 Å². The van der Waals surface area contributed by atoms with Gasteiger partial charge < -0.3 is 14.7 Å². The SMILES string of the molecule is O=P(O)(O)O.[AlH3].[CaH2].[LiH]. The van der Waals surface area contributed by atoms with Crippen molar-refractivity contribution in [3.63, 3.8) is 0 Å². The quantitative estimate of drug-likeness (QED) is 0.264. The molecular formula is H9AlCaLiO4P. The van der Waals surface area contributed by atoms with Crippen molar-refractivity contribution in [1.82, 2.24) is 0 Å². The van der Waals surface area contributed by atoms with Crippen LogP contribution >= 0.6 is 7.82 Å². The third kappa shape index (κ3) is 76.5. The maximum absolute atomic E-state index is 8.88. The van der Waals surface area contributed by atoms with Crippen LogP contribution in [-0.2, 0) is 4.57 Å². The molecule has 0 aromatic rings. The summed E-state index contributed by atoms with van der Waals surface area (Å²) in [5, 5.41) is 0. The zero-order valence-corrected chi connectivity index (χ0v) is 3.09. The molecule has 0 aliphatic rings. The van der Waals surface area contributed by atoms with Crippen LogP contribution in [0.1, 0.15) is 0 Å². The van der Waals surface area contributed by atoms with Crippen molar-refractivity contribution in [2.75, 3.05) is 0 Å². The van der Waals surface area contributed by atoms with Crippen LogP contribution in [0.25, 0.3) is 0 Å². The third-order valence-corrected chi connectivity index (χ3v) is 0. The summed E-state index contributed by atoms with van der Waals surface area (Å²) in [5.41, 5.74) is 0. The molecule has 0 saturated heterocycles. The average molecular weight is 178 g/mol. The molecule has 44 valence electrons. The van der Waals surface area contributed by atoms with Gasteiger partial charge in [-0.1, -0.05) is 0 Å². The van der Waals surface area contributed by atoms with E-state index in [1.807, 2.05) is 0 Å². The fraction of sp³-hybridized carbons (Fsp3) is 0. The van der Waals surface area contributed by atoms with Gasteiger partial charge in [-0.25, -0.2) is 4.57 Å². The van der Waals surface area contributed by atoms with Gasteiger partial charge in [-0.15, -0.1) is 0 Å². The van der Waals surface area contributed by atoms with E-state index in [0.717, 1.165) is 0 Å². The summed E-state index contributed by atoms with van der Waals surface area (Å²) < 4.78 is 8.88. The topological polar surface area (TPSA) is 77.8 Å². The molecule has 0 bridgehead atoms. The Morgan fingerprint density at radius 3 is 1.12 bits per heavy atom. The Kier molecular flexibility index (Phi) is 26.6. The predicted octanol–water partition coefficient (Wildman–Crippen LogP) is -3.68. The van der Waals surface area contributed by atoms with E-state index in [9.17, 15) is 0 Å². The second-order valence-corrected chi connectivity index (χ2v) is 1.54. The number of hydrogen-bond donors (Lipinski definition) is 3. The van der Waals surface area contributed by atoms with Crippen molar-refractivity contribution in [3.8, 4) is 0 Å². The second-order valence-electron chi connectivity index (χ2n) is 0.513. The van der Waals surface area contributed by atoms with Crippen molar-refractivity contribution < 1.29 is 19.2 Å². The van der Waals surface area contributed by atoms with E-state index >= 15 is 0 Å². The first-order valence-corrected chi connectivity index (χ1v) is 2.35. The summed E-state index contributed by atoms with van der Waals surface area (Å²) in [6.45, 7) is 0. The summed E-state index contributed by atoms with van der Waals surface area (Å²) in [5.74, 6) is 0. The van der Waals surface area contributed by atoms with Gasteiger partial charge in [-0.2, -0.15) is 0 Å². The van der Waals surface area contributed by atoms with Crippen molar-refractivity contribution in [3.05, 3.63) is 0 Å². The summed E-state index contributed by atoms with van der Waals surface area (Å²) in [4.78, 5) is 21.6. The summed E-state index contributed by atoms with van der Waals surface area (Å²) in [6, 6.07) is 0. The zero-order chi connectivity index (χ0) is 4.50. The van der Waals surface area contributed by atoms with E-state index in [-0.39, 0.29) is 74.0 Å². The molecule has 0 spiro atoms. The Hall–Kier alpha value is 2.50. The van der Waals surface area contributed by atoms with E-state index < -0.39 is 7.82 Å². The number of rotatable bonds is 0. The Balaban J connectivity index is -0.0000000267. The van der Waals surface area contributed by atoms with Gasteiger partial charge in [0.15, 0.2) is 17.4 Å². The molecule has 4 nitrogen and oxygen atoms in total. The Bertz CT molecular complexity index is 62.2. The molecule has 0 atom stereocenters. The first kappa shape index (κ1) is 22.4. The van der Waals surface area contributed by atoms with Crippen LogP contribution < -0.4 is 0 Å². The number of phosphoric acid groups is 1. The van der Waals surface area contributed by atoms with Gasteiger partial charge in [0.2, 0.25) is 0 Å². The molecule has 0 radical (unpaired) electrons. The first-order chi connectivity index (χ1) is 2.00. The van der Waals surface area contributed by atoms with Gasteiger partial charge >= 0.3 is 64.4 Å². The molecule has 8 heteroatoms. The predicted molar refractivity (Wildman–Crippen MR) is 39.9 cm³/mol. The minimum atomic E-state index is -4.64. The molecule has 0 fully saturated rings. The van der Waals surface area contributed by atoms with Gasteiger partial charge in [0.05, 0.1) is 0 Å². The Morgan fingerprint density at radius 2 is 1.12 bits per heavy atom. The molecule has 0 amide bonds. The fourth-order valence-electron chi connectivity index (χ4n) is 0. The molecule has 0 aliphatic carbocycles. The van der Waals surface area contributed by atoms with E-state index in [4.69, 9.17) is 19.2 Å². The molecule has 3 N–H and O–H groups in total. The van der Waals surface area contributed by atoms with Gasteiger partial charge in [0, 0.05) is 0 Å². The van der Waals surface area contributed by atoms with Crippen LogP contribution in [0.2, 0.25) is 0 Å². The zero-order valence-electron chi connectivity index (χ0n) is 2.20. The molecule has 0 aliphatic heterocycles. The van der Waals surface area contributed by atoms with Gasteiger partial charge in [-0.05, 0) is 0 Å². The fourth-order valence-corrected chi connectivity index (χ4v) is 0. The van der Waals surface area contributed by atoms with Gasteiger partial charge in [-0.3, -0.25) is 0 Å². The van der Waals surface area contributed by atoms with Crippen LogP contribution in [0.3, 0.4) is 0 Å². The second kappa shape index (κ2) is 9.50. The molecule has 0 aromatic carbocycles. The third-order valence-electron chi connectivity index (χ3n) is 0. The van der Waals surface area contributed by atoms with Crippen molar-refractivity contribution in [1.29, 1.82) is 0 Å². The standard InChI is InChI=1S/Al.Ca.Li.H3O4P.6H/c;;;1-5(2,3)4;;;;;;/h;;;(H3,1,2,3,4);;;;;;. The van der Waals surface area contributed by atoms with E-state index in [1.54, 1.807) is 0 Å². The van der Waals surface area contributed by atoms with Gasteiger partial charge in [0.25, 0.3) is 0 Å².